The Morgan fingerprint density at radius 2 is 1.67 bits per heavy atom. The van der Waals surface area contributed by atoms with E-state index in [4.69, 9.17) is 5.26 Å². The summed E-state index contributed by atoms with van der Waals surface area (Å²) in [5.74, 6) is 0. The molecule has 0 saturated heterocycles. The van der Waals surface area contributed by atoms with Crippen LogP contribution in [0.4, 0.5) is 0 Å². The largest absolute Gasteiger partial charge is 0.235 e. The molecule has 0 fully saturated rings. The molecule has 0 aliphatic carbocycles. The molecule has 0 saturated carbocycles. The van der Waals surface area contributed by atoms with Gasteiger partial charge in [-0.3, -0.25) is 0 Å². The van der Waals surface area contributed by atoms with Crippen molar-refractivity contribution in [2.45, 2.75) is 6.54 Å². The van der Waals surface area contributed by atoms with Gasteiger partial charge in [0.2, 0.25) is 6.08 Å². The van der Waals surface area contributed by atoms with Crippen molar-refractivity contribution in [1.82, 2.24) is 0 Å². The lowest BCUT2D eigenvalue weighted by Gasteiger charge is -2.08. The zero-order valence-corrected chi connectivity index (χ0v) is 9.63. The third-order valence-corrected chi connectivity index (χ3v) is 2.67. The van der Waals surface area contributed by atoms with Gasteiger partial charge in [0.15, 0.2) is 0 Å². The molecule has 0 N–H and O–H groups in total. The maximum absolute atomic E-state index is 10.2. The molecular formula is C15H10N2O. The molecule has 2 aromatic rings. The molecule has 0 bridgehead atoms. The lowest BCUT2D eigenvalue weighted by molar-refractivity contribution is 0.563. The van der Waals surface area contributed by atoms with Crippen molar-refractivity contribution in [2.24, 2.45) is 4.99 Å². The second kappa shape index (κ2) is 5.58. The molecule has 0 unspecified atom stereocenters. The second-order valence-electron chi connectivity index (χ2n) is 3.72. The van der Waals surface area contributed by atoms with Crippen LogP contribution in [0.3, 0.4) is 0 Å². The molecule has 0 atom stereocenters. The smallest absolute Gasteiger partial charge is 0.211 e. The van der Waals surface area contributed by atoms with E-state index in [9.17, 15) is 4.79 Å². The molecule has 86 valence electrons. The van der Waals surface area contributed by atoms with Crippen LogP contribution in [0.25, 0.3) is 11.1 Å². The first-order chi connectivity index (χ1) is 8.86. The van der Waals surface area contributed by atoms with Gasteiger partial charge in [0, 0.05) is 0 Å². The maximum atomic E-state index is 10.2. The zero-order chi connectivity index (χ0) is 12.8. The van der Waals surface area contributed by atoms with Gasteiger partial charge in [0.05, 0.1) is 18.2 Å². The van der Waals surface area contributed by atoms with Gasteiger partial charge in [0.25, 0.3) is 0 Å². The van der Waals surface area contributed by atoms with Crippen molar-refractivity contribution in [3.8, 4) is 17.2 Å². The van der Waals surface area contributed by atoms with Gasteiger partial charge >= 0.3 is 0 Å². The summed E-state index contributed by atoms with van der Waals surface area (Å²) in [6.45, 7) is 0.277. The molecule has 18 heavy (non-hydrogen) atoms. The van der Waals surface area contributed by atoms with Crippen LogP contribution in [0.5, 0.6) is 0 Å². The van der Waals surface area contributed by atoms with Crippen molar-refractivity contribution < 1.29 is 4.79 Å². The van der Waals surface area contributed by atoms with E-state index in [-0.39, 0.29) is 6.54 Å². The van der Waals surface area contributed by atoms with E-state index in [0.29, 0.717) is 5.56 Å². The van der Waals surface area contributed by atoms with Gasteiger partial charge in [-0.2, -0.15) is 5.26 Å². The SMILES string of the molecule is N#Cc1ccccc1-c1ccccc1CN=C=O. The number of nitrogens with zero attached hydrogens (tertiary/aromatic N) is 2. The van der Waals surface area contributed by atoms with Crippen molar-refractivity contribution >= 4 is 6.08 Å². The van der Waals surface area contributed by atoms with Crippen molar-refractivity contribution in [2.75, 3.05) is 0 Å². The molecule has 0 aliphatic rings. The summed E-state index contributed by atoms with van der Waals surface area (Å²) in [6.07, 6.45) is 1.53. The number of hydrogen-bond donors (Lipinski definition) is 0. The van der Waals surface area contributed by atoms with E-state index < -0.39 is 0 Å². The van der Waals surface area contributed by atoms with E-state index in [0.717, 1.165) is 16.7 Å². The second-order valence-corrected chi connectivity index (χ2v) is 3.72. The average Bonchev–Trinajstić information content (AvgIpc) is 2.45. The highest BCUT2D eigenvalue weighted by atomic mass is 16.1. The first kappa shape index (κ1) is 11.8. The van der Waals surface area contributed by atoms with E-state index in [1.54, 1.807) is 6.07 Å². The van der Waals surface area contributed by atoms with Gasteiger partial charge in [-0.05, 0) is 22.8 Å². The van der Waals surface area contributed by atoms with Crippen molar-refractivity contribution in [1.29, 1.82) is 5.26 Å². The monoisotopic (exact) mass is 234 g/mol. The number of rotatable bonds is 3. The summed E-state index contributed by atoms with van der Waals surface area (Å²) >= 11 is 0. The van der Waals surface area contributed by atoms with Crippen LogP contribution in [0.2, 0.25) is 0 Å². The minimum Gasteiger partial charge on any atom is -0.211 e. The maximum Gasteiger partial charge on any atom is 0.235 e. The molecule has 0 radical (unpaired) electrons. The highest BCUT2D eigenvalue weighted by Crippen LogP contribution is 2.27. The van der Waals surface area contributed by atoms with Gasteiger partial charge in [-0.1, -0.05) is 42.5 Å². The van der Waals surface area contributed by atoms with Gasteiger partial charge < -0.3 is 0 Å². The molecule has 0 heterocycles. The van der Waals surface area contributed by atoms with Crippen LogP contribution in [-0.4, -0.2) is 6.08 Å². The summed E-state index contributed by atoms with van der Waals surface area (Å²) in [5, 5.41) is 9.11. The van der Waals surface area contributed by atoms with Crippen LogP contribution in [0, 0.1) is 11.3 Å². The summed E-state index contributed by atoms with van der Waals surface area (Å²) in [4.78, 5) is 13.8. The van der Waals surface area contributed by atoms with Gasteiger partial charge in [-0.25, -0.2) is 9.79 Å². The Morgan fingerprint density at radius 3 is 2.39 bits per heavy atom. The number of carbonyl (C=O) groups excluding carboxylic acids is 1. The third kappa shape index (κ3) is 2.35. The fraction of sp³-hybridized carbons (Fsp3) is 0.0667. The Kier molecular flexibility index (Phi) is 3.66. The molecule has 0 amide bonds. The third-order valence-electron chi connectivity index (χ3n) is 2.67. The summed E-state index contributed by atoms with van der Waals surface area (Å²) in [7, 11) is 0. The highest BCUT2D eigenvalue weighted by molar-refractivity contribution is 5.73. The number of nitriles is 1. The number of aliphatic imine (C=N–C) groups is 1. The van der Waals surface area contributed by atoms with E-state index in [2.05, 4.69) is 11.1 Å². The van der Waals surface area contributed by atoms with Crippen molar-refractivity contribution in [3.05, 3.63) is 59.7 Å². The number of isocyanates is 1. The normalized spacial score (nSPS) is 9.28. The Hall–Kier alpha value is -2.69. The number of benzene rings is 2. The Bertz CT molecular complexity index is 650. The minimum absolute atomic E-state index is 0.277. The quantitative estimate of drug-likeness (QED) is 0.605. The Labute approximate surface area is 105 Å². The molecule has 3 heteroatoms. The first-order valence-electron chi connectivity index (χ1n) is 5.48. The minimum atomic E-state index is 0.277. The lowest BCUT2D eigenvalue weighted by atomic mass is 9.96. The summed E-state index contributed by atoms with van der Waals surface area (Å²) in [5.41, 5.74) is 3.30. The molecule has 0 aliphatic heterocycles. The Morgan fingerprint density at radius 1 is 1.00 bits per heavy atom. The highest BCUT2D eigenvalue weighted by Gasteiger charge is 2.07. The predicted molar refractivity (Wildman–Crippen MR) is 68.4 cm³/mol. The molecule has 2 rings (SSSR count). The fourth-order valence-corrected chi connectivity index (χ4v) is 1.85. The van der Waals surface area contributed by atoms with Crippen LogP contribution < -0.4 is 0 Å². The summed E-state index contributed by atoms with van der Waals surface area (Å²) < 4.78 is 0. The predicted octanol–water partition coefficient (Wildman–Crippen LogP) is 3.06. The summed E-state index contributed by atoms with van der Waals surface area (Å²) in [6, 6.07) is 17.1. The van der Waals surface area contributed by atoms with Crippen LogP contribution >= 0.6 is 0 Å². The van der Waals surface area contributed by atoms with Crippen LogP contribution in [0.1, 0.15) is 11.1 Å². The van der Waals surface area contributed by atoms with Crippen molar-refractivity contribution in [3.63, 3.8) is 0 Å². The zero-order valence-electron chi connectivity index (χ0n) is 9.63. The van der Waals surface area contributed by atoms with E-state index in [1.807, 2.05) is 42.5 Å². The van der Waals surface area contributed by atoms with E-state index in [1.165, 1.54) is 6.08 Å². The first-order valence-corrected chi connectivity index (χ1v) is 5.48. The van der Waals surface area contributed by atoms with Crippen LogP contribution in [-0.2, 0) is 11.3 Å². The molecular weight excluding hydrogens is 224 g/mol. The standard InChI is InChI=1S/C15H10N2O/c16-9-12-5-1-3-7-14(12)15-8-4-2-6-13(15)10-17-11-18/h1-8H,10H2. The molecule has 0 aromatic heterocycles. The van der Waals surface area contributed by atoms with Crippen LogP contribution in [0.15, 0.2) is 53.5 Å². The topological polar surface area (TPSA) is 53.2 Å². The van der Waals surface area contributed by atoms with E-state index >= 15 is 0 Å². The molecule has 3 nitrogen and oxygen atoms in total. The number of hydrogen-bond acceptors (Lipinski definition) is 3. The fourth-order valence-electron chi connectivity index (χ4n) is 1.85. The lowest BCUT2D eigenvalue weighted by Crippen LogP contribution is -1.90. The average molecular weight is 234 g/mol. The molecule has 2 aromatic carbocycles. The Balaban J connectivity index is 2.57. The van der Waals surface area contributed by atoms with Gasteiger partial charge in [-0.15, -0.1) is 0 Å². The van der Waals surface area contributed by atoms with Gasteiger partial charge in [0.1, 0.15) is 0 Å². The molecule has 0 spiro atoms.